The molecule has 1 saturated heterocycles. The van der Waals surface area contributed by atoms with Crippen molar-refractivity contribution in [2.45, 2.75) is 114 Å². The molecule has 0 aromatic carbocycles. The van der Waals surface area contributed by atoms with Gasteiger partial charge in [-0.3, -0.25) is 0 Å². The van der Waals surface area contributed by atoms with Crippen LogP contribution in [0.15, 0.2) is 0 Å². The first-order valence-corrected chi connectivity index (χ1v) is 9.99. The van der Waals surface area contributed by atoms with Gasteiger partial charge in [-0.1, -0.05) is 64.7 Å². The maximum Gasteiger partial charge on any atom is 0.0974 e. The molecule has 0 amide bonds. The molecule has 5 unspecified atom stereocenters. The Morgan fingerprint density at radius 2 is 1.54 bits per heavy atom. The molecule has 0 spiro atoms. The lowest BCUT2D eigenvalue weighted by atomic mass is 9.89. The molecule has 1 heterocycles. The van der Waals surface area contributed by atoms with E-state index in [9.17, 15) is 20.4 Å². The predicted molar refractivity (Wildman–Crippen MR) is 96.9 cm³/mol. The molecule has 144 valence electrons. The Bertz CT molecular complexity index is 303. The lowest BCUT2D eigenvalue weighted by Crippen LogP contribution is -2.59. The van der Waals surface area contributed by atoms with Gasteiger partial charge in [-0.2, -0.15) is 0 Å². The molecule has 0 aromatic rings. The summed E-state index contributed by atoms with van der Waals surface area (Å²) in [4.78, 5) is 0. The molecule has 5 N–H and O–H groups in total. The van der Waals surface area contributed by atoms with Gasteiger partial charge < -0.3 is 25.7 Å². The van der Waals surface area contributed by atoms with Crippen LogP contribution in [0, 0.1) is 0 Å². The minimum Gasteiger partial charge on any atom is -0.395 e. The van der Waals surface area contributed by atoms with E-state index < -0.39 is 18.2 Å². The van der Waals surface area contributed by atoms with E-state index in [2.05, 4.69) is 12.2 Å². The number of hydrogen-bond donors (Lipinski definition) is 5. The summed E-state index contributed by atoms with van der Waals surface area (Å²) in [5.74, 6) is 0. The van der Waals surface area contributed by atoms with E-state index >= 15 is 0 Å². The number of piperidine rings is 1. The van der Waals surface area contributed by atoms with Gasteiger partial charge in [0.2, 0.25) is 0 Å². The zero-order valence-corrected chi connectivity index (χ0v) is 15.4. The first-order valence-electron chi connectivity index (χ1n) is 9.99. The fourth-order valence-electron chi connectivity index (χ4n) is 3.63. The van der Waals surface area contributed by atoms with Gasteiger partial charge in [-0.15, -0.1) is 0 Å². The molecule has 0 bridgehead atoms. The molecule has 1 rings (SSSR count). The lowest BCUT2D eigenvalue weighted by Gasteiger charge is -2.38. The Hall–Kier alpha value is -0.200. The number of unbranched alkanes of at least 4 members (excludes halogenated alkanes) is 8. The van der Waals surface area contributed by atoms with Crippen LogP contribution in [-0.4, -0.2) is 57.4 Å². The van der Waals surface area contributed by atoms with Crippen LogP contribution in [0.2, 0.25) is 0 Å². The van der Waals surface area contributed by atoms with E-state index in [0.29, 0.717) is 12.8 Å². The fourth-order valence-corrected chi connectivity index (χ4v) is 3.63. The van der Waals surface area contributed by atoms with Crippen molar-refractivity contribution >= 4 is 0 Å². The molecule has 0 aliphatic carbocycles. The summed E-state index contributed by atoms with van der Waals surface area (Å²) in [6.07, 6.45) is 11.1. The predicted octanol–water partition coefficient (Wildman–Crippen LogP) is 2.10. The second-order valence-electron chi connectivity index (χ2n) is 7.45. The van der Waals surface area contributed by atoms with Gasteiger partial charge in [-0.25, -0.2) is 0 Å². The van der Waals surface area contributed by atoms with E-state index in [4.69, 9.17) is 0 Å². The van der Waals surface area contributed by atoms with Crippen molar-refractivity contribution in [2.24, 2.45) is 0 Å². The smallest absolute Gasteiger partial charge is 0.0974 e. The highest BCUT2D eigenvalue weighted by molar-refractivity contribution is 4.92. The van der Waals surface area contributed by atoms with Crippen LogP contribution >= 0.6 is 0 Å². The molecular weight excluding hydrogens is 306 g/mol. The van der Waals surface area contributed by atoms with Crippen LogP contribution in [0.1, 0.15) is 84.0 Å². The third kappa shape index (κ3) is 8.77. The summed E-state index contributed by atoms with van der Waals surface area (Å²) in [7, 11) is 0. The Balaban J connectivity index is 2.04. The molecule has 0 radical (unpaired) electrons. The Morgan fingerprint density at radius 1 is 0.958 bits per heavy atom. The number of rotatable bonds is 13. The van der Waals surface area contributed by atoms with E-state index in [1.54, 1.807) is 0 Å². The van der Waals surface area contributed by atoms with Gasteiger partial charge in [0.05, 0.1) is 31.0 Å². The van der Waals surface area contributed by atoms with Gasteiger partial charge in [0, 0.05) is 6.04 Å². The molecule has 24 heavy (non-hydrogen) atoms. The molecule has 0 saturated carbocycles. The largest absolute Gasteiger partial charge is 0.395 e. The van der Waals surface area contributed by atoms with E-state index in [1.807, 2.05) is 0 Å². The fraction of sp³-hybridized carbons (Fsp3) is 1.00. The van der Waals surface area contributed by atoms with E-state index in [0.717, 1.165) is 12.8 Å². The first kappa shape index (κ1) is 21.8. The summed E-state index contributed by atoms with van der Waals surface area (Å²) in [5.41, 5.74) is 0. The summed E-state index contributed by atoms with van der Waals surface area (Å²) in [6, 6.07) is -0.548. The highest BCUT2D eigenvalue weighted by Crippen LogP contribution is 2.20. The van der Waals surface area contributed by atoms with Crippen molar-refractivity contribution in [1.29, 1.82) is 0 Å². The quantitative estimate of drug-likeness (QED) is 0.330. The second kappa shape index (κ2) is 13.1. The molecule has 0 aromatic heterocycles. The van der Waals surface area contributed by atoms with Crippen molar-refractivity contribution in [3.8, 4) is 0 Å². The van der Waals surface area contributed by atoms with Gasteiger partial charge >= 0.3 is 0 Å². The zero-order chi connectivity index (χ0) is 17.8. The molecular formula is C19H39NO4. The first-order chi connectivity index (χ1) is 11.6. The summed E-state index contributed by atoms with van der Waals surface area (Å²) in [5, 5.41) is 42.1. The van der Waals surface area contributed by atoms with Crippen LogP contribution in [-0.2, 0) is 0 Å². The highest BCUT2D eigenvalue weighted by Gasteiger charge is 2.35. The zero-order valence-electron chi connectivity index (χ0n) is 15.4. The molecule has 1 fully saturated rings. The Labute approximate surface area is 147 Å². The third-order valence-electron chi connectivity index (χ3n) is 5.18. The average molecular weight is 346 g/mol. The van der Waals surface area contributed by atoms with Crippen molar-refractivity contribution in [3.63, 3.8) is 0 Å². The van der Waals surface area contributed by atoms with Gasteiger partial charge in [0.15, 0.2) is 0 Å². The van der Waals surface area contributed by atoms with Crippen LogP contribution in [0.5, 0.6) is 0 Å². The molecule has 5 heteroatoms. The van der Waals surface area contributed by atoms with Crippen molar-refractivity contribution < 1.29 is 20.4 Å². The minimum atomic E-state index is -0.930. The van der Waals surface area contributed by atoms with E-state index in [-0.39, 0.29) is 18.8 Å². The van der Waals surface area contributed by atoms with Crippen LogP contribution < -0.4 is 5.32 Å². The maximum absolute atomic E-state index is 10.2. The number of aliphatic hydroxyl groups is 4. The Morgan fingerprint density at radius 3 is 2.12 bits per heavy atom. The SMILES string of the molecule is CCCCCCCCCCCC(O)CC1CC(O)C(O)C(CO)N1. The van der Waals surface area contributed by atoms with Crippen LogP contribution in [0.4, 0.5) is 0 Å². The van der Waals surface area contributed by atoms with Crippen molar-refractivity contribution in [3.05, 3.63) is 0 Å². The van der Waals surface area contributed by atoms with Crippen LogP contribution in [0.25, 0.3) is 0 Å². The van der Waals surface area contributed by atoms with Gasteiger partial charge in [-0.05, 0) is 19.3 Å². The normalized spacial score (nSPS) is 28.9. The summed E-state index contributed by atoms with van der Waals surface area (Å²) >= 11 is 0. The summed E-state index contributed by atoms with van der Waals surface area (Å²) < 4.78 is 0. The van der Waals surface area contributed by atoms with Crippen molar-refractivity contribution in [2.75, 3.05) is 6.61 Å². The van der Waals surface area contributed by atoms with Gasteiger partial charge in [0.25, 0.3) is 0 Å². The standard InChI is InChI=1S/C19H39NO4/c1-2-3-4-5-6-7-8-9-10-11-16(22)12-15-13-18(23)19(24)17(14-21)20-15/h15-24H,2-14H2,1H3. The molecule has 1 aliphatic heterocycles. The van der Waals surface area contributed by atoms with Crippen LogP contribution in [0.3, 0.4) is 0 Å². The third-order valence-corrected chi connectivity index (χ3v) is 5.18. The average Bonchev–Trinajstić information content (AvgIpc) is 2.56. The second-order valence-corrected chi connectivity index (χ2v) is 7.45. The Kier molecular flexibility index (Phi) is 11.9. The lowest BCUT2D eigenvalue weighted by molar-refractivity contribution is -0.0559. The number of nitrogens with one attached hydrogen (secondary N) is 1. The highest BCUT2D eigenvalue weighted by atomic mass is 16.3. The molecule has 5 atom stereocenters. The number of hydrogen-bond acceptors (Lipinski definition) is 5. The molecule has 1 aliphatic rings. The maximum atomic E-state index is 10.2. The van der Waals surface area contributed by atoms with Crippen molar-refractivity contribution in [1.82, 2.24) is 5.32 Å². The monoisotopic (exact) mass is 345 g/mol. The van der Waals surface area contributed by atoms with Gasteiger partial charge in [0.1, 0.15) is 0 Å². The van der Waals surface area contributed by atoms with E-state index in [1.165, 1.54) is 51.4 Å². The summed E-state index contributed by atoms with van der Waals surface area (Å²) in [6.45, 7) is 2.03. The number of aliphatic hydroxyl groups excluding tert-OH is 4. The molecule has 5 nitrogen and oxygen atoms in total. The minimum absolute atomic E-state index is 0.0471. The topological polar surface area (TPSA) is 93.0 Å².